The van der Waals surface area contributed by atoms with Crippen LogP contribution in [0.3, 0.4) is 0 Å². The molecule has 0 bridgehead atoms. The first-order valence-electron chi connectivity index (χ1n) is 9.27. The van der Waals surface area contributed by atoms with Crippen molar-refractivity contribution >= 4 is 27.6 Å². The molecule has 1 amide bonds. The summed E-state index contributed by atoms with van der Waals surface area (Å²) in [7, 11) is 0.0744. The minimum atomic E-state index is -1.49. The summed E-state index contributed by atoms with van der Waals surface area (Å²) in [5.41, 5.74) is 3.21. The minimum absolute atomic E-state index is 0.258. The lowest BCUT2D eigenvalue weighted by Gasteiger charge is -2.08. The number of aromatic nitrogens is 3. The van der Waals surface area contributed by atoms with Gasteiger partial charge in [-0.3, -0.25) is 14.9 Å². The number of amides is 1. The quantitative estimate of drug-likeness (QED) is 0.516. The van der Waals surface area contributed by atoms with Crippen LogP contribution in [-0.4, -0.2) is 32.3 Å². The minimum Gasteiger partial charge on any atom is -0.355 e. The molecule has 0 saturated heterocycles. The lowest BCUT2D eigenvalue weighted by molar-refractivity contribution is 0.0960. The van der Waals surface area contributed by atoms with Gasteiger partial charge in [0.1, 0.15) is 0 Å². The van der Waals surface area contributed by atoms with Gasteiger partial charge in [0.2, 0.25) is 0 Å². The number of benzene rings is 2. The van der Waals surface area contributed by atoms with Gasteiger partial charge in [-0.05, 0) is 55.3 Å². The number of aromatic amines is 1. The fraction of sp³-hybridized carbons (Fsp3) is 0.136. The molecule has 1 atom stereocenters. The van der Waals surface area contributed by atoms with Crippen molar-refractivity contribution in [1.29, 1.82) is 0 Å². The predicted octanol–water partition coefficient (Wildman–Crippen LogP) is 3.27. The molecule has 0 fully saturated rings. The Balaban J connectivity index is 1.60. The number of H-pyrrole nitrogens is 1. The number of nitrogens with zero attached hydrogens (tertiary/aromatic N) is 2. The summed E-state index contributed by atoms with van der Waals surface area (Å²) in [6.07, 6.45) is 3.39. The Labute approximate surface area is 170 Å². The summed E-state index contributed by atoms with van der Waals surface area (Å²) in [6, 6.07) is 18.4. The first kappa shape index (κ1) is 19.0. The molecule has 1 unspecified atom stereocenters. The van der Waals surface area contributed by atoms with Crippen molar-refractivity contribution in [3.63, 3.8) is 0 Å². The number of fused-ring (bicyclic) bond motifs is 1. The topological polar surface area (TPSA) is 87.7 Å². The summed E-state index contributed by atoms with van der Waals surface area (Å²) in [5, 5.41) is 11.1. The van der Waals surface area contributed by atoms with Crippen molar-refractivity contribution in [1.82, 2.24) is 20.5 Å². The van der Waals surface area contributed by atoms with Crippen molar-refractivity contribution < 1.29 is 9.00 Å². The average molecular weight is 404 g/mol. The molecule has 29 heavy (non-hydrogen) atoms. The standard InChI is InChI=1S/C22H20N4O2S/c1-23-22(27)18-7-2-3-8-21(18)29(28)16-10-11-17-19(25-26-20(17)14-16)12-9-15-6-4-5-13-24-15/h2-8,10-11,13-14H,9,12H2,1H3,(H,23,27)(H,25,26). The van der Waals surface area contributed by atoms with E-state index in [4.69, 9.17) is 0 Å². The van der Waals surface area contributed by atoms with Gasteiger partial charge in [0.05, 0.1) is 26.8 Å². The van der Waals surface area contributed by atoms with E-state index >= 15 is 0 Å². The zero-order valence-corrected chi connectivity index (χ0v) is 16.7. The van der Waals surface area contributed by atoms with E-state index in [9.17, 15) is 9.00 Å². The summed E-state index contributed by atoms with van der Waals surface area (Å²) in [4.78, 5) is 17.5. The van der Waals surface area contributed by atoms with Crippen LogP contribution in [-0.2, 0) is 23.6 Å². The molecule has 2 N–H and O–H groups in total. The van der Waals surface area contributed by atoms with Gasteiger partial charge in [-0.25, -0.2) is 4.21 Å². The maximum atomic E-state index is 13.1. The molecule has 7 heteroatoms. The lowest BCUT2D eigenvalue weighted by atomic mass is 10.1. The van der Waals surface area contributed by atoms with E-state index in [2.05, 4.69) is 20.5 Å². The van der Waals surface area contributed by atoms with E-state index < -0.39 is 10.8 Å². The Bertz CT molecular complexity index is 1190. The Morgan fingerprint density at radius 1 is 1.07 bits per heavy atom. The number of aryl methyl sites for hydroxylation is 2. The van der Waals surface area contributed by atoms with Crippen molar-refractivity contribution in [2.45, 2.75) is 22.6 Å². The fourth-order valence-electron chi connectivity index (χ4n) is 3.23. The molecule has 2 heterocycles. The molecular weight excluding hydrogens is 384 g/mol. The SMILES string of the molecule is CNC(=O)c1ccccc1S(=O)c1ccc2c(CCc3ccccn3)[nH]nc2c1. The highest BCUT2D eigenvalue weighted by molar-refractivity contribution is 7.85. The predicted molar refractivity (Wildman–Crippen MR) is 112 cm³/mol. The number of pyridine rings is 1. The van der Waals surface area contributed by atoms with E-state index in [-0.39, 0.29) is 5.91 Å². The zero-order chi connectivity index (χ0) is 20.2. The molecule has 2 aromatic heterocycles. The van der Waals surface area contributed by atoms with Crippen LogP contribution < -0.4 is 5.32 Å². The van der Waals surface area contributed by atoms with Crippen LogP contribution in [0.1, 0.15) is 21.7 Å². The van der Waals surface area contributed by atoms with Crippen LogP contribution in [0.25, 0.3) is 10.9 Å². The van der Waals surface area contributed by atoms with Crippen LogP contribution >= 0.6 is 0 Å². The van der Waals surface area contributed by atoms with Crippen LogP contribution in [0.5, 0.6) is 0 Å². The average Bonchev–Trinajstić information content (AvgIpc) is 3.19. The third-order valence-corrected chi connectivity index (χ3v) is 6.17. The third-order valence-electron chi connectivity index (χ3n) is 4.74. The van der Waals surface area contributed by atoms with Gasteiger partial charge >= 0.3 is 0 Å². The van der Waals surface area contributed by atoms with E-state index in [1.807, 2.05) is 36.4 Å². The number of carbonyl (C=O) groups is 1. The molecule has 4 rings (SSSR count). The number of nitrogens with one attached hydrogen (secondary N) is 2. The maximum absolute atomic E-state index is 13.1. The van der Waals surface area contributed by atoms with Crippen molar-refractivity contribution in [2.75, 3.05) is 7.05 Å². The van der Waals surface area contributed by atoms with Crippen molar-refractivity contribution in [3.8, 4) is 0 Å². The third kappa shape index (κ3) is 3.95. The lowest BCUT2D eigenvalue weighted by Crippen LogP contribution is -2.19. The summed E-state index contributed by atoms with van der Waals surface area (Å²) >= 11 is 0. The van der Waals surface area contributed by atoms with Crippen LogP contribution in [0.2, 0.25) is 0 Å². The second kappa shape index (κ2) is 8.36. The fourth-order valence-corrected chi connectivity index (χ4v) is 4.46. The maximum Gasteiger partial charge on any atom is 0.252 e. The zero-order valence-electron chi connectivity index (χ0n) is 15.9. The molecule has 0 aliphatic carbocycles. The Kier molecular flexibility index (Phi) is 5.48. The Morgan fingerprint density at radius 2 is 1.90 bits per heavy atom. The van der Waals surface area contributed by atoms with Gasteiger partial charge in [-0.15, -0.1) is 0 Å². The van der Waals surface area contributed by atoms with Crippen LogP contribution in [0.15, 0.2) is 76.7 Å². The molecule has 4 aromatic rings. The largest absolute Gasteiger partial charge is 0.355 e. The van der Waals surface area contributed by atoms with Gasteiger partial charge in [0.25, 0.3) is 5.91 Å². The van der Waals surface area contributed by atoms with Crippen molar-refractivity contribution in [3.05, 3.63) is 83.8 Å². The van der Waals surface area contributed by atoms with Gasteiger partial charge < -0.3 is 5.32 Å². The molecule has 146 valence electrons. The van der Waals surface area contributed by atoms with E-state index in [0.717, 1.165) is 35.1 Å². The summed E-state index contributed by atoms with van der Waals surface area (Å²) in [5.74, 6) is -0.258. The molecule has 6 nitrogen and oxygen atoms in total. The van der Waals surface area contributed by atoms with Crippen LogP contribution in [0, 0.1) is 0 Å². The monoisotopic (exact) mass is 404 g/mol. The molecule has 0 aliphatic heterocycles. The molecule has 0 saturated carbocycles. The first-order valence-corrected chi connectivity index (χ1v) is 10.4. The summed E-state index contributed by atoms with van der Waals surface area (Å²) < 4.78 is 13.1. The molecule has 0 radical (unpaired) electrons. The van der Waals surface area contributed by atoms with Gasteiger partial charge in [0, 0.05) is 34.9 Å². The van der Waals surface area contributed by atoms with Gasteiger partial charge in [-0.2, -0.15) is 5.10 Å². The Morgan fingerprint density at radius 3 is 2.69 bits per heavy atom. The second-order valence-electron chi connectivity index (χ2n) is 6.55. The van der Waals surface area contributed by atoms with Crippen LogP contribution in [0.4, 0.5) is 0 Å². The first-order chi connectivity index (χ1) is 14.2. The number of carbonyl (C=O) groups excluding carboxylic acids is 1. The highest BCUT2D eigenvalue weighted by Crippen LogP contribution is 2.25. The number of hydrogen-bond donors (Lipinski definition) is 2. The highest BCUT2D eigenvalue weighted by atomic mass is 32.2. The molecule has 0 spiro atoms. The molecule has 0 aliphatic rings. The van der Waals surface area contributed by atoms with Gasteiger partial charge in [0.15, 0.2) is 0 Å². The molecular formula is C22H20N4O2S. The number of rotatable bonds is 6. The molecule has 2 aromatic carbocycles. The van der Waals surface area contributed by atoms with E-state index in [1.165, 1.54) is 0 Å². The summed E-state index contributed by atoms with van der Waals surface area (Å²) in [6.45, 7) is 0. The normalized spacial score (nSPS) is 12.0. The Hall–Kier alpha value is -3.32. The second-order valence-corrected chi connectivity index (χ2v) is 7.99. The highest BCUT2D eigenvalue weighted by Gasteiger charge is 2.17. The van der Waals surface area contributed by atoms with E-state index in [1.54, 1.807) is 37.5 Å². The van der Waals surface area contributed by atoms with Gasteiger partial charge in [-0.1, -0.05) is 18.2 Å². The van der Waals surface area contributed by atoms with E-state index in [0.29, 0.717) is 15.4 Å². The van der Waals surface area contributed by atoms with Crippen molar-refractivity contribution in [2.24, 2.45) is 0 Å². The smallest absolute Gasteiger partial charge is 0.252 e. The number of hydrogen-bond acceptors (Lipinski definition) is 4.